The number of likely N-dealkylation sites (N-methyl/N-ethyl adjacent to an activating group) is 1. The summed E-state index contributed by atoms with van der Waals surface area (Å²) in [6.07, 6.45) is -2.47. The van der Waals surface area contributed by atoms with Crippen LogP contribution >= 0.6 is 0 Å². The van der Waals surface area contributed by atoms with Crippen LogP contribution in [0.5, 0.6) is 0 Å². The summed E-state index contributed by atoms with van der Waals surface area (Å²) in [5.74, 6) is -0.604. The average Bonchev–Trinajstić information content (AvgIpc) is 3.02. The van der Waals surface area contributed by atoms with Gasteiger partial charge >= 0.3 is 6.18 Å². The highest BCUT2D eigenvalue weighted by Gasteiger charge is 2.31. The smallest absolute Gasteiger partial charge is 0.357 e. The van der Waals surface area contributed by atoms with Crippen LogP contribution in [0.2, 0.25) is 0 Å². The molecule has 0 atom stereocenters. The van der Waals surface area contributed by atoms with Gasteiger partial charge in [0.1, 0.15) is 13.1 Å². The molecule has 2 N–H and O–H groups in total. The first-order valence-electron chi connectivity index (χ1n) is 7.83. The normalized spacial score (nSPS) is 15.4. The Morgan fingerprint density at radius 3 is 2.38 bits per heavy atom. The lowest BCUT2D eigenvalue weighted by Gasteiger charge is -2.19. The van der Waals surface area contributed by atoms with Gasteiger partial charge in [-0.25, -0.2) is 4.99 Å². The third-order valence-corrected chi connectivity index (χ3v) is 3.42. The largest absolute Gasteiger partial charge is 0.406 e. The Kier molecular flexibility index (Phi) is 7.80. The van der Waals surface area contributed by atoms with Crippen molar-refractivity contribution >= 4 is 17.8 Å². The van der Waals surface area contributed by atoms with Gasteiger partial charge in [-0.2, -0.15) is 13.2 Å². The summed E-state index contributed by atoms with van der Waals surface area (Å²) in [5, 5.41) is 5.64. The number of aliphatic imine (C=N–C) groups is 1. The van der Waals surface area contributed by atoms with Gasteiger partial charge in [0.25, 0.3) is 0 Å². The number of halogens is 3. The topological polar surface area (TPSA) is 77.0 Å². The molecule has 1 aliphatic heterocycles. The first-order valence-corrected chi connectivity index (χ1v) is 7.83. The van der Waals surface area contributed by atoms with E-state index in [0.717, 1.165) is 33.0 Å². The van der Waals surface area contributed by atoms with Crippen molar-refractivity contribution in [2.45, 2.75) is 25.9 Å². The zero-order valence-corrected chi connectivity index (χ0v) is 13.9. The second-order valence-electron chi connectivity index (χ2n) is 5.50. The molecule has 1 fully saturated rings. The van der Waals surface area contributed by atoms with Crippen molar-refractivity contribution in [2.24, 2.45) is 4.99 Å². The maximum absolute atomic E-state index is 12.2. The van der Waals surface area contributed by atoms with Crippen LogP contribution in [0.15, 0.2) is 4.99 Å². The zero-order chi connectivity index (χ0) is 18.2. The number of rotatable bonds is 6. The zero-order valence-electron chi connectivity index (χ0n) is 13.9. The van der Waals surface area contributed by atoms with Gasteiger partial charge in [0.05, 0.1) is 6.54 Å². The van der Waals surface area contributed by atoms with E-state index in [4.69, 9.17) is 0 Å². The maximum atomic E-state index is 12.2. The predicted molar refractivity (Wildman–Crippen MR) is 83.5 cm³/mol. The second-order valence-corrected chi connectivity index (χ2v) is 5.50. The molecule has 10 heteroatoms. The molecule has 1 aliphatic rings. The molecule has 1 heterocycles. The fourth-order valence-electron chi connectivity index (χ4n) is 2.20. The van der Waals surface area contributed by atoms with E-state index in [9.17, 15) is 22.8 Å². The Balaban J connectivity index is 2.48. The monoisotopic (exact) mass is 351 g/mol. The lowest BCUT2D eigenvalue weighted by Crippen LogP contribution is -2.44. The van der Waals surface area contributed by atoms with Gasteiger partial charge < -0.3 is 20.4 Å². The molecule has 2 amide bonds. The van der Waals surface area contributed by atoms with Gasteiger partial charge in [0.2, 0.25) is 11.8 Å². The third kappa shape index (κ3) is 7.51. The minimum Gasteiger partial charge on any atom is -0.357 e. The number of guanidine groups is 1. The number of likely N-dealkylation sites (tertiary alicyclic amines) is 1. The molecule has 24 heavy (non-hydrogen) atoms. The molecule has 7 nitrogen and oxygen atoms in total. The molecular weight excluding hydrogens is 327 g/mol. The first kappa shape index (κ1) is 20.0. The van der Waals surface area contributed by atoms with Crippen molar-refractivity contribution in [1.82, 2.24) is 20.4 Å². The van der Waals surface area contributed by atoms with Gasteiger partial charge in [-0.3, -0.25) is 9.59 Å². The quantitative estimate of drug-likeness (QED) is 0.529. The number of nitrogens with one attached hydrogen (secondary N) is 2. The van der Waals surface area contributed by atoms with Crippen molar-refractivity contribution in [3.8, 4) is 0 Å². The Hall–Kier alpha value is -2.00. The molecule has 0 aromatic heterocycles. The highest BCUT2D eigenvalue weighted by atomic mass is 19.4. The summed E-state index contributed by atoms with van der Waals surface area (Å²) >= 11 is 0. The number of carbonyl (C=O) groups excluding carboxylic acids is 2. The summed E-state index contributed by atoms with van der Waals surface area (Å²) < 4.78 is 36.7. The fourth-order valence-corrected chi connectivity index (χ4v) is 2.20. The molecule has 138 valence electrons. The summed E-state index contributed by atoms with van der Waals surface area (Å²) in [6.45, 7) is 2.04. The van der Waals surface area contributed by atoms with E-state index < -0.39 is 25.2 Å². The lowest BCUT2D eigenvalue weighted by molar-refractivity contribution is -0.157. The van der Waals surface area contributed by atoms with Crippen LogP contribution in [0.1, 0.15) is 19.8 Å². The number of amides is 2. The van der Waals surface area contributed by atoms with Crippen LogP contribution in [-0.2, 0) is 9.59 Å². The molecule has 0 bridgehead atoms. The van der Waals surface area contributed by atoms with E-state index in [1.807, 2.05) is 0 Å². The Bertz CT molecular complexity index is 462. The lowest BCUT2D eigenvalue weighted by atomic mass is 10.4. The van der Waals surface area contributed by atoms with Crippen LogP contribution in [0.25, 0.3) is 0 Å². The van der Waals surface area contributed by atoms with Gasteiger partial charge in [-0.15, -0.1) is 0 Å². The van der Waals surface area contributed by atoms with Crippen molar-refractivity contribution in [3.63, 3.8) is 0 Å². The fraction of sp³-hybridized carbons (Fsp3) is 0.786. The van der Waals surface area contributed by atoms with E-state index in [1.54, 1.807) is 11.8 Å². The number of hydrogen-bond acceptors (Lipinski definition) is 3. The molecule has 1 saturated heterocycles. The highest BCUT2D eigenvalue weighted by molar-refractivity contribution is 5.88. The molecule has 0 saturated carbocycles. The summed E-state index contributed by atoms with van der Waals surface area (Å²) in [5.41, 5.74) is 0. The van der Waals surface area contributed by atoms with Crippen molar-refractivity contribution in [1.29, 1.82) is 0 Å². The number of alkyl halides is 3. The average molecular weight is 351 g/mol. The van der Waals surface area contributed by atoms with Crippen LogP contribution < -0.4 is 10.6 Å². The SMILES string of the molecule is CCNC(=NCC(=O)N(C)CC(F)(F)F)NCC(=O)N1CCCC1. The summed E-state index contributed by atoms with van der Waals surface area (Å²) in [6, 6.07) is 0. The van der Waals surface area contributed by atoms with Gasteiger partial charge in [-0.1, -0.05) is 0 Å². The number of nitrogens with zero attached hydrogens (tertiary/aromatic N) is 3. The van der Waals surface area contributed by atoms with Crippen molar-refractivity contribution in [2.75, 3.05) is 46.3 Å². The van der Waals surface area contributed by atoms with E-state index >= 15 is 0 Å². The minimum absolute atomic E-state index is 0.0262. The van der Waals surface area contributed by atoms with Crippen LogP contribution in [0.4, 0.5) is 13.2 Å². The van der Waals surface area contributed by atoms with E-state index in [-0.39, 0.29) is 18.4 Å². The van der Waals surface area contributed by atoms with Gasteiger partial charge in [-0.05, 0) is 19.8 Å². The third-order valence-electron chi connectivity index (χ3n) is 3.42. The van der Waals surface area contributed by atoms with Crippen LogP contribution in [0.3, 0.4) is 0 Å². The summed E-state index contributed by atoms with van der Waals surface area (Å²) in [7, 11) is 1.07. The predicted octanol–water partition coefficient (Wildman–Crippen LogP) is 0.185. The highest BCUT2D eigenvalue weighted by Crippen LogP contribution is 2.15. The van der Waals surface area contributed by atoms with Gasteiger partial charge in [0, 0.05) is 26.7 Å². The molecule has 0 radical (unpaired) electrons. The molecule has 0 aliphatic carbocycles. The Labute approximate surface area is 139 Å². The number of carbonyl (C=O) groups is 2. The molecule has 1 rings (SSSR count). The Morgan fingerprint density at radius 2 is 1.83 bits per heavy atom. The molecule has 0 spiro atoms. The molecule has 0 aromatic rings. The van der Waals surface area contributed by atoms with E-state index in [0.29, 0.717) is 11.4 Å². The van der Waals surface area contributed by atoms with Crippen molar-refractivity contribution < 1.29 is 22.8 Å². The van der Waals surface area contributed by atoms with Crippen LogP contribution in [0, 0.1) is 0 Å². The Morgan fingerprint density at radius 1 is 1.21 bits per heavy atom. The first-order chi connectivity index (χ1) is 11.2. The van der Waals surface area contributed by atoms with Crippen molar-refractivity contribution in [3.05, 3.63) is 0 Å². The standard InChI is InChI=1S/C14H24F3N5O2/c1-3-18-13(20-9-12(24)22-6-4-5-7-22)19-8-11(23)21(2)10-14(15,16)17/h3-10H2,1-2H3,(H2,18,19,20). The van der Waals surface area contributed by atoms with E-state index in [2.05, 4.69) is 15.6 Å². The molecule has 0 unspecified atom stereocenters. The van der Waals surface area contributed by atoms with E-state index in [1.165, 1.54) is 0 Å². The maximum Gasteiger partial charge on any atom is 0.406 e. The van der Waals surface area contributed by atoms with Crippen LogP contribution in [-0.4, -0.2) is 80.1 Å². The minimum atomic E-state index is -4.45. The molecule has 0 aromatic carbocycles. The second kappa shape index (κ2) is 9.33. The summed E-state index contributed by atoms with van der Waals surface area (Å²) in [4.78, 5) is 29.8. The number of hydrogen-bond donors (Lipinski definition) is 2. The molecular formula is C14H24F3N5O2. The van der Waals surface area contributed by atoms with Gasteiger partial charge in [0.15, 0.2) is 5.96 Å².